The number of halogens is 6. The van der Waals surface area contributed by atoms with Gasteiger partial charge in [0.05, 0.1) is 22.7 Å². The summed E-state index contributed by atoms with van der Waals surface area (Å²) in [5.41, 5.74) is -4.73. The minimum absolute atomic E-state index is 0.0627. The predicted octanol–water partition coefficient (Wildman–Crippen LogP) is 6.21. The third-order valence-corrected chi connectivity index (χ3v) is 6.73. The summed E-state index contributed by atoms with van der Waals surface area (Å²) in [5, 5.41) is 14.1. The molecule has 13 heteroatoms. The topological polar surface area (TPSA) is 75.5 Å². The van der Waals surface area contributed by atoms with Crippen LogP contribution in [0.4, 0.5) is 32.0 Å². The quantitative estimate of drug-likeness (QED) is 0.166. The monoisotopic (exact) mass is 567 g/mol. The van der Waals surface area contributed by atoms with Gasteiger partial charge in [-0.15, -0.1) is 0 Å². The van der Waals surface area contributed by atoms with Gasteiger partial charge in [-0.3, -0.25) is 19.8 Å². The van der Waals surface area contributed by atoms with E-state index in [0.29, 0.717) is 22.6 Å². The van der Waals surface area contributed by atoms with Gasteiger partial charge in [0.25, 0.3) is 5.91 Å². The van der Waals surface area contributed by atoms with Gasteiger partial charge in [-0.1, -0.05) is 60.2 Å². The molecule has 204 valence electrons. The number of carbonyl (C=O) groups excluding carboxylic acids is 1. The Kier molecular flexibility index (Phi) is 7.15. The van der Waals surface area contributed by atoms with Crippen LogP contribution in [0.2, 0.25) is 0 Å². The summed E-state index contributed by atoms with van der Waals surface area (Å²) in [5.74, 6) is -2.31. The third kappa shape index (κ3) is 5.31. The molecule has 3 aromatic rings. The molecule has 2 atom stereocenters. The van der Waals surface area contributed by atoms with Crippen molar-refractivity contribution in [3.63, 3.8) is 0 Å². The summed E-state index contributed by atoms with van der Waals surface area (Å²) >= 11 is 5.29. The molecule has 0 aliphatic carbocycles. The van der Waals surface area contributed by atoms with Crippen LogP contribution in [0.5, 0.6) is 0 Å². The van der Waals surface area contributed by atoms with Crippen LogP contribution in [0.15, 0.2) is 72.8 Å². The van der Waals surface area contributed by atoms with E-state index in [1.807, 2.05) is 0 Å². The molecular weight excluding hydrogens is 548 g/mol. The molecule has 1 amide bonds. The van der Waals surface area contributed by atoms with E-state index in [1.165, 1.54) is 12.1 Å². The number of nitrogens with one attached hydrogen (secondary N) is 1. The van der Waals surface area contributed by atoms with E-state index < -0.39 is 63.1 Å². The number of alkyl halides is 6. The van der Waals surface area contributed by atoms with E-state index in [1.54, 1.807) is 49.4 Å². The Morgan fingerprint density at radius 1 is 0.949 bits per heavy atom. The third-order valence-electron chi connectivity index (χ3n) is 6.44. The first-order chi connectivity index (χ1) is 18.1. The van der Waals surface area contributed by atoms with Crippen molar-refractivity contribution in [2.75, 3.05) is 11.4 Å². The maximum absolute atomic E-state index is 14.2. The zero-order chi connectivity index (χ0) is 28.8. The molecule has 1 fully saturated rings. The lowest BCUT2D eigenvalue weighted by Gasteiger charge is -2.34. The van der Waals surface area contributed by atoms with Gasteiger partial charge in [-0.2, -0.15) is 26.3 Å². The number of hydrogen-bond donors (Lipinski definition) is 1. The minimum Gasteiger partial charge on any atom is -0.343 e. The molecule has 1 N–H and O–H groups in total. The van der Waals surface area contributed by atoms with Crippen molar-refractivity contribution in [1.29, 1.82) is 0 Å². The van der Waals surface area contributed by atoms with Crippen LogP contribution >= 0.6 is 12.2 Å². The molecule has 1 aliphatic heterocycles. The molecule has 6 nitrogen and oxygen atoms in total. The van der Waals surface area contributed by atoms with Crippen LogP contribution in [-0.2, 0) is 22.7 Å². The maximum Gasteiger partial charge on any atom is 0.416 e. The number of benzene rings is 3. The first kappa shape index (κ1) is 28.0. The minimum atomic E-state index is -5.17. The number of nitro groups is 1. The summed E-state index contributed by atoms with van der Waals surface area (Å²) in [6.07, 6.45) is -10.3. The SMILES string of the molecule is Cc1ccc([C@H](C[N+](=O)[O-])[C@]2(c3ccccc3)NC(=S)N(c3cc(C(F)(F)F)cc(C(F)(F)F)c3)C2=O)cc1. The first-order valence-corrected chi connectivity index (χ1v) is 11.8. The number of rotatable bonds is 6. The molecule has 0 unspecified atom stereocenters. The number of hydrogen-bond acceptors (Lipinski definition) is 4. The van der Waals surface area contributed by atoms with Gasteiger partial charge in [0, 0.05) is 4.92 Å². The van der Waals surface area contributed by atoms with Crippen LogP contribution in [0.1, 0.15) is 33.7 Å². The predicted molar refractivity (Wildman–Crippen MR) is 134 cm³/mol. The summed E-state index contributed by atoms with van der Waals surface area (Å²) in [6, 6.07) is 14.8. The normalized spacial score (nSPS) is 18.7. The van der Waals surface area contributed by atoms with E-state index >= 15 is 0 Å². The molecule has 0 radical (unpaired) electrons. The molecule has 1 aliphatic rings. The van der Waals surface area contributed by atoms with Crippen molar-refractivity contribution in [3.8, 4) is 0 Å². The highest BCUT2D eigenvalue weighted by Crippen LogP contribution is 2.45. The Hall–Kier alpha value is -4.00. The zero-order valence-electron chi connectivity index (χ0n) is 20.0. The van der Waals surface area contributed by atoms with E-state index in [0.717, 1.165) is 5.56 Å². The highest BCUT2D eigenvalue weighted by molar-refractivity contribution is 7.80. The number of carbonyl (C=O) groups is 1. The molecular formula is C26H19F6N3O3S. The van der Waals surface area contributed by atoms with Gasteiger partial charge >= 0.3 is 12.4 Å². The lowest BCUT2D eigenvalue weighted by molar-refractivity contribution is -0.485. The van der Waals surface area contributed by atoms with E-state index in [2.05, 4.69) is 5.32 Å². The molecule has 3 aromatic carbocycles. The molecule has 1 saturated heterocycles. The highest BCUT2D eigenvalue weighted by Gasteiger charge is 2.58. The van der Waals surface area contributed by atoms with Crippen LogP contribution in [0.25, 0.3) is 0 Å². The van der Waals surface area contributed by atoms with Crippen molar-refractivity contribution in [1.82, 2.24) is 5.32 Å². The zero-order valence-corrected chi connectivity index (χ0v) is 20.8. The lowest BCUT2D eigenvalue weighted by Crippen LogP contribution is -2.51. The van der Waals surface area contributed by atoms with Gasteiger partial charge in [-0.05, 0) is 48.5 Å². The van der Waals surface area contributed by atoms with Crippen molar-refractivity contribution in [3.05, 3.63) is 111 Å². The average molecular weight is 568 g/mol. The molecule has 1 heterocycles. The second-order valence-electron chi connectivity index (χ2n) is 8.99. The summed E-state index contributed by atoms with van der Waals surface area (Å²) in [4.78, 5) is 25.9. The summed E-state index contributed by atoms with van der Waals surface area (Å²) in [7, 11) is 0. The molecule has 39 heavy (non-hydrogen) atoms. The van der Waals surface area contributed by atoms with Crippen molar-refractivity contribution >= 4 is 28.9 Å². The molecule has 0 aromatic heterocycles. The lowest BCUT2D eigenvalue weighted by atomic mass is 9.74. The Labute approximate surface area is 223 Å². The van der Waals surface area contributed by atoms with E-state index in [-0.39, 0.29) is 11.6 Å². The van der Waals surface area contributed by atoms with Crippen LogP contribution < -0.4 is 10.2 Å². The fourth-order valence-corrected chi connectivity index (χ4v) is 4.97. The van der Waals surface area contributed by atoms with Gasteiger partial charge in [0.1, 0.15) is 0 Å². The Morgan fingerprint density at radius 3 is 1.97 bits per heavy atom. The second kappa shape index (κ2) is 9.95. The Morgan fingerprint density at radius 2 is 1.49 bits per heavy atom. The molecule has 0 saturated carbocycles. The van der Waals surface area contributed by atoms with Gasteiger partial charge in [-0.25, -0.2) is 0 Å². The molecule has 0 spiro atoms. The summed E-state index contributed by atoms with van der Waals surface area (Å²) < 4.78 is 81.4. The Balaban J connectivity index is 1.97. The fraction of sp³-hybridized carbons (Fsp3) is 0.231. The standard InChI is InChI=1S/C26H19F6N3O3S/c1-15-7-9-16(10-8-15)21(14-34(37)38)24(17-5-3-2-4-6-17)22(36)35(23(39)33-24)20-12-18(25(27,28)29)11-19(13-20)26(30,31)32/h2-13,21H,14H2,1H3,(H,33,39)/t21-,24-/m0/s1. The van der Waals surface area contributed by atoms with Gasteiger partial charge < -0.3 is 5.32 Å². The van der Waals surface area contributed by atoms with Crippen LogP contribution in [-0.4, -0.2) is 22.5 Å². The molecule has 0 bridgehead atoms. The van der Waals surface area contributed by atoms with E-state index in [4.69, 9.17) is 12.2 Å². The maximum atomic E-state index is 14.2. The molecule has 4 rings (SSSR count). The number of aryl methyl sites for hydroxylation is 1. The Bertz CT molecular complexity index is 1400. The average Bonchev–Trinajstić information content (AvgIpc) is 3.12. The van der Waals surface area contributed by atoms with Gasteiger partial charge in [0.2, 0.25) is 6.54 Å². The number of amides is 1. The second-order valence-corrected chi connectivity index (χ2v) is 9.37. The largest absolute Gasteiger partial charge is 0.416 e. The fourth-order valence-electron chi connectivity index (χ4n) is 4.62. The number of thiocarbonyl (C=S) groups is 1. The van der Waals surface area contributed by atoms with Crippen molar-refractivity contribution in [2.45, 2.75) is 30.7 Å². The van der Waals surface area contributed by atoms with Crippen molar-refractivity contribution in [2.24, 2.45) is 0 Å². The van der Waals surface area contributed by atoms with Crippen molar-refractivity contribution < 1.29 is 36.1 Å². The van der Waals surface area contributed by atoms with Crippen LogP contribution in [0.3, 0.4) is 0 Å². The number of nitrogens with zero attached hydrogens (tertiary/aromatic N) is 2. The van der Waals surface area contributed by atoms with E-state index in [9.17, 15) is 41.3 Å². The highest BCUT2D eigenvalue weighted by atomic mass is 32.1. The smallest absolute Gasteiger partial charge is 0.343 e. The van der Waals surface area contributed by atoms with Crippen LogP contribution in [0, 0.1) is 17.0 Å². The first-order valence-electron chi connectivity index (χ1n) is 11.3. The number of anilines is 1. The van der Waals surface area contributed by atoms with Gasteiger partial charge in [0.15, 0.2) is 10.7 Å². The summed E-state index contributed by atoms with van der Waals surface area (Å²) in [6.45, 7) is 0.977.